The molecule has 0 saturated carbocycles. The highest BCUT2D eigenvalue weighted by Gasteiger charge is 2.25. The van der Waals surface area contributed by atoms with Gasteiger partial charge in [0.05, 0.1) is 11.0 Å². The van der Waals surface area contributed by atoms with E-state index in [4.69, 9.17) is 0 Å². The van der Waals surface area contributed by atoms with Crippen LogP contribution >= 0.6 is 0 Å². The van der Waals surface area contributed by atoms with E-state index in [-0.39, 0.29) is 16.7 Å². The van der Waals surface area contributed by atoms with Gasteiger partial charge in [-0.1, -0.05) is 24.3 Å². The van der Waals surface area contributed by atoms with Crippen molar-refractivity contribution < 1.29 is 4.92 Å². The van der Waals surface area contributed by atoms with Crippen molar-refractivity contribution in [2.24, 2.45) is 0 Å². The minimum absolute atomic E-state index is 0.0730. The lowest BCUT2D eigenvalue weighted by Crippen LogP contribution is -2.34. The van der Waals surface area contributed by atoms with Gasteiger partial charge in [0.1, 0.15) is 12.0 Å². The molecule has 0 saturated heterocycles. The number of aryl methyl sites for hydroxylation is 1. The molecule has 1 aromatic carbocycles. The number of aromatic nitrogens is 1. The predicted octanol–water partition coefficient (Wildman–Crippen LogP) is 3.42. The first kappa shape index (κ1) is 13.5. The Morgan fingerprint density at radius 1 is 1.38 bits per heavy atom. The van der Waals surface area contributed by atoms with Gasteiger partial charge in [-0.05, 0) is 37.5 Å². The number of benzene rings is 1. The minimum atomic E-state index is -0.388. The van der Waals surface area contributed by atoms with Crippen molar-refractivity contribution >= 4 is 11.5 Å². The van der Waals surface area contributed by atoms with Crippen LogP contribution in [0.1, 0.15) is 29.7 Å². The van der Waals surface area contributed by atoms with Gasteiger partial charge in [-0.15, -0.1) is 0 Å². The van der Waals surface area contributed by atoms with E-state index in [2.05, 4.69) is 35.0 Å². The number of hydrogen-bond acceptors (Lipinski definition) is 4. The summed E-state index contributed by atoms with van der Waals surface area (Å²) in [6.45, 7) is 4.78. The fourth-order valence-corrected chi connectivity index (χ4v) is 2.97. The molecule has 5 nitrogen and oxygen atoms in total. The van der Waals surface area contributed by atoms with E-state index < -0.39 is 0 Å². The molecule has 1 aliphatic rings. The van der Waals surface area contributed by atoms with Crippen LogP contribution in [0.15, 0.2) is 36.5 Å². The average Bonchev–Trinajstić information content (AvgIpc) is 2.47. The normalized spacial score (nSPS) is 17.4. The SMILES string of the molecule is Cc1cc(N2CCc3ccccc3C2C)ncc1[N+](=O)[O-]. The molecule has 0 radical (unpaired) electrons. The summed E-state index contributed by atoms with van der Waals surface area (Å²) < 4.78 is 0. The minimum Gasteiger partial charge on any atom is -0.350 e. The number of hydrogen-bond donors (Lipinski definition) is 0. The van der Waals surface area contributed by atoms with Crippen molar-refractivity contribution in [3.8, 4) is 0 Å². The number of nitrogens with zero attached hydrogens (tertiary/aromatic N) is 3. The van der Waals surface area contributed by atoms with Gasteiger partial charge in [-0.3, -0.25) is 10.1 Å². The van der Waals surface area contributed by atoms with E-state index in [0.29, 0.717) is 5.56 Å². The van der Waals surface area contributed by atoms with Crippen molar-refractivity contribution in [2.45, 2.75) is 26.3 Å². The van der Waals surface area contributed by atoms with Crippen LogP contribution in [0.5, 0.6) is 0 Å². The van der Waals surface area contributed by atoms with Gasteiger partial charge in [0.2, 0.25) is 0 Å². The summed E-state index contributed by atoms with van der Waals surface area (Å²) in [5.41, 5.74) is 3.40. The van der Waals surface area contributed by atoms with Crippen LogP contribution in [0.3, 0.4) is 0 Å². The van der Waals surface area contributed by atoms with Crippen LogP contribution in [-0.2, 0) is 6.42 Å². The molecule has 1 aromatic heterocycles. The fraction of sp³-hybridized carbons (Fsp3) is 0.312. The lowest BCUT2D eigenvalue weighted by Gasteiger charge is -2.36. The molecule has 0 bridgehead atoms. The van der Waals surface area contributed by atoms with E-state index in [0.717, 1.165) is 18.8 Å². The first-order valence-corrected chi connectivity index (χ1v) is 7.03. The van der Waals surface area contributed by atoms with Crippen LogP contribution in [0.25, 0.3) is 0 Å². The zero-order valence-electron chi connectivity index (χ0n) is 12.1. The van der Waals surface area contributed by atoms with E-state index in [9.17, 15) is 10.1 Å². The van der Waals surface area contributed by atoms with Crippen LogP contribution in [0.2, 0.25) is 0 Å². The fourth-order valence-electron chi connectivity index (χ4n) is 2.97. The number of nitro groups is 1. The third-order valence-electron chi connectivity index (χ3n) is 4.15. The maximum absolute atomic E-state index is 10.9. The number of pyridine rings is 1. The highest BCUT2D eigenvalue weighted by Crippen LogP contribution is 2.33. The van der Waals surface area contributed by atoms with Crippen LogP contribution in [0, 0.1) is 17.0 Å². The van der Waals surface area contributed by atoms with E-state index in [1.807, 2.05) is 12.1 Å². The molecule has 2 aromatic rings. The molecular weight excluding hydrogens is 266 g/mol. The van der Waals surface area contributed by atoms with Crippen molar-refractivity contribution in [3.63, 3.8) is 0 Å². The van der Waals surface area contributed by atoms with E-state index in [1.54, 1.807) is 6.92 Å². The Balaban J connectivity index is 1.95. The third kappa shape index (κ3) is 2.35. The Labute approximate surface area is 123 Å². The topological polar surface area (TPSA) is 59.3 Å². The highest BCUT2D eigenvalue weighted by molar-refractivity contribution is 5.52. The Morgan fingerprint density at radius 2 is 2.14 bits per heavy atom. The Morgan fingerprint density at radius 3 is 2.86 bits per heavy atom. The monoisotopic (exact) mass is 283 g/mol. The second kappa shape index (κ2) is 5.16. The summed E-state index contributed by atoms with van der Waals surface area (Å²) in [4.78, 5) is 17.0. The molecule has 1 unspecified atom stereocenters. The van der Waals surface area contributed by atoms with Gasteiger partial charge in [0.15, 0.2) is 0 Å². The number of rotatable bonds is 2. The van der Waals surface area contributed by atoms with Crippen molar-refractivity contribution in [1.29, 1.82) is 0 Å². The Kier molecular flexibility index (Phi) is 3.33. The van der Waals surface area contributed by atoms with Gasteiger partial charge in [0.25, 0.3) is 5.69 Å². The maximum Gasteiger partial charge on any atom is 0.290 e. The van der Waals surface area contributed by atoms with Crippen LogP contribution in [-0.4, -0.2) is 16.5 Å². The first-order chi connectivity index (χ1) is 10.1. The molecule has 0 fully saturated rings. The largest absolute Gasteiger partial charge is 0.350 e. The molecule has 5 heteroatoms. The maximum atomic E-state index is 10.9. The van der Waals surface area contributed by atoms with E-state index in [1.165, 1.54) is 17.3 Å². The number of fused-ring (bicyclic) bond motifs is 1. The summed E-state index contributed by atoms with van der Waals surface area (Å²) in [6.07, 6.45) is 2.33. The standard InChI is InChI=1S/C16H17N3O2/c1-11-9-16(17-10-15(11)19(20)21)18-8-7-13-5-3-4-6-14(13)12(18)2/h3-6,9-10,12H,7-8H2,1-2H3. The first-order valence-electron chi connectivity index (χ1n) is 7.03. The summed E-state index contributed by atoms with van der Waals surface area (Å²) in [5.74, 6) is 0.806. The second-order valence-electron chi connectivity index (χ2n) is 5.40. The predicted molar refractivity (Wildman–Crippen MR) is 81.5 cm³/mol. The summed E-state index contributed by atoms with van der Waals surface area (Å²) >= 11 is 0. The molecule has 0 spiro atoms. The van der Waals surface area contributed by atoms with Crippen molar-refractivity contribution in [2.75, 3.05) is 11.4 Å². The molecule has 1 atom stereocenters. The molecule has 0 amide bonds. The lowest BCUT2D eigenvalue weighted by atomic mass is 9.93. The summed E-state index contributed by atoms with van der Waals surface area (Å²) in [6, 6.07) is 10.5. The highest BCUT2D eigenvalue weighted by atomic mass is 16.6. The molecule has 2 heterocycles. The van der Waals surface area contributed by atoms with Gasteiger partial charge < -0.3 is 4.90 Å². The van der Waals surface area contributed by atoms with Gasteiger partial charge in [0, 0.05) is 12.1 Å². The van der Waals surface area contributed by atoms with Crippen LogP contribution < -0.4 is 4.90 Å². The smallest absolute Gasteiger partial charge is 0.290 e. The third-order valence-corrected chi connectivity index (χ3v) is 4.15. The molecule has 0 aliphatic carbocycles. The molecular formula is C16H17N3O2. The Hall–Kier alpha value is -2.43. The quantitative estimate of drug-likeness (QED) is 0.626. The summed E-state index contributed by atoms with van der Waals surface area (Å²) in [7, 11) is 0. The Bertz CT molecular complexity index is 700. The lowest BCUT2D eigenvalue weighted by molar-refractivity contribution is -0.385. The molecule has 21 heavy (non-hydrogen) atoms. The second-order valence-corrected chi connectivity index (χ2v) is 5.40. The molecule has 3 rings (SSSR count). The van der Waals surface area contributed by atoms with E-state index >= 15 is 0 Å². The van der Waals surface area contributed by atoms with Gasteiger partial charge in [-0.25, -0.2) is 4.98 Å². The zero-order chi connectivity index (χ0) is 15.0. The zero-order valence-corrected chi connectivity index (χ0v) is 12.1. The average molecular weight is 283 g/mol. The van der Waals surface area contributed by atoms with Crippen molar-refractivity contribution in [1.82, 2.24) is 4.98 Å². The van der Waals surface area contributed by atoms with Crippen molar-refractivity contribution in [3.05, 3.63) is 63.3 Å². The molecule has 1 aliphatic heterocycles. The number of anilines is 1. The molecule has 0 N–H and O–H groups in total. The molecule has 108 valence electrons. The van der Waals surface area contributed by atoms with Crippen LogP contribution in [0.4, 0.5) is 11.5 Å². The summed E-state index contributed by atoms with van der Waals surface area (Å²) in [5, 5.41) is 10.9. The van der Waals surface area contributed by atoms with Gasteiger partial charge in [-0.2, -0.15) is 0 Å². The van der Waals surface area contributed by atoms with Gasteiger partial charge >= 0.3 is 0 Å².